The second kappa shape index (κ2) is 8.33. The highest BCUT2D eigenvalue weighted by Crippen LogP contribution is 2.44. The molecular formula is C24H20ClN3O2S2. The fraction of sp³-hybridized carbons (Fsp3) is 0.125. The Labute approximate surface area is 196 Å². The first kappa shape index (κ1) is 21.2. The third-order valence-corrected chi connectivity index (χ3v) is 7.83. The highest BCUT2D eigenvalue weighted by molar-refractivity contribution is 7.89. The van der Waals surface area contributed by atoms with Crippen molar-refractivity contribution in [2.75, 3.05) is 11.4 Å². The standard InChI is InChI=1S/C24H20ClN3O2S2/c25-19-11-7-17(8-12-19)22-23(18-9-13-20(14-10-18)32(26,29)30)31-24(27-22)28-15-3-5-16-4-1-2-6-21(16)28/h1-2,4,6-14H,3,5,15H2,(H2,26,29,30). The van der Waals surface area contributed by atoms with Crippen LogP contribution in [0, 0.1) is 0 Å². The van der Waals surface area contributed by atoms with Crippen LogP contribution in [0.15, 0.2) is 77.7 Å². The number of halogens is 1. The highest BCUT2D eigenvalue weighted by Gasteiger charge is 2.24. The average molecular weight is 482 g/mol. The molecule has 0 radical (unpaired) electrons. The van der Waals surface area contributed by atoms with Gasteiger partial charge in [0.05, 0.1) is 15.5 Å². The molecule has 5 nitrogen and oxygen atoms in total. The first-order valence-corrected chi connectivity index (χ1v) is 12.9. The van der Waals surface area contributed by atoms with Crippen molar-refractivity contribution in [3.63, 3.8) is 0 Å². The van der Waals surface area contributed by atoms with Gasteiger partial charge in [0, 0.05) is 22.8 Å². The number of aryl methyl sites for hydroxylation is 1. The Kier molecular flexibility index (Phi) is 5.51. The van der Waals surface area contributed by atoms with Gasteiger partial charge in [-0.25, -0.2) is 18.5 Å². The monoisotopic (exact) mass is 481 g/mol. The number of para-hydroxylation sites is 1. The van der Waals surface area contributed by atoms with E-state index >= 15 is 0 Å². The SMILES string of the molecule is NS(=O)(=O)c1ccc(-c2sc(N3CCCc4ccccc43)nc2-c2ccc(Cl)cc2)cc1. The predicted molar refractivity (Wildman–Crippen MR) is 131 cm³/mol. The Balaban J connectivity index is 1.64. The number of hydrogen-bond donors (Lipinski definition) is 1. The zero-order chi connectivity index (χ0) is 22.3. The van der Waals surface area contributed by atoms with E-state index in [1.165, 1.54) is 23.4 Å². The van der Waals surface area contributed by atoms with Crippen LogP contribution in [0.25, 0.3) is 21.7 Å². The third-order valence-electron chi connectivity index (χ3n) is 5.52. The van der Waals surface area contributed by atoms with Crippen molar-refractivity contribution in [2.24, 2.45) is 5.14 Å². The van der Waals surface area contributed by atoms with Gasteiger partial charge in [-0.2, -0.15) is 0 Å². The molecule has 8 heteroatoms. The number of fused-ring (bicyclic) bond motifs is 1. The molecule has 0 unspecified atom stereocenters. The summed E-state index contributed by atoms with van der Waals surface area (Å²) in [6.07, 6.45) is 2.12. The Morgan fingerprint density at radius 3 is 2.34 bits per heavy atom. The summed E-state index contributed by atoms with van der Waals surface area (Å²) in [7, 11) is -3.75. The van der Waals surface area contributed by atoms with Crippen molar-refractivity contribution in [3.8, 4) is 21.7 Å². The summed E-state index contributed by atoms with van der Waals surface area (Å²) >= 11 is 7.70. The van der Waals surface area contributed by atoms with E-state index in [2.05, 4.69) is 29.2 Å². The van der Waals surface area contributed by atoms with Gasteiger partial charge in [-0.1, -0.05) is 65.4 Å². The molecule has 32 heavy (non-hydrogen) atoms. The molecule has 0 spiro atoms. The van der Waals surface area contributed by atoms with Crippen LogP contribution in [-0.4, -0.2) is 19.9 Å². The fourth-order valence-electron chi connectivity index (χ4n) is 3.95. The molecule has 1 aliphatic heterocycles. The Morgan fingerprint density at radius 1 is 0.938 bits per heavy atom. The number of thiazole rings is 1. The molecule has 2 N–H and O–H groups in total. The number of anilines is 2. The zero-order valence-corrected chi connectivity index (χ0v) is 19.4. The second-order valence-electron chi connectivity index (χ2n) is 7.63. The number of primary sulfonamides is 1. The number of nitrogens with zero attached hydrogens (tertiary/aromatic N) is 2. The van der Waals surface area contributed by atoms with Gasteiger partial charge in [-0.3, -0.25) is 0 Å². The van der Waals surface area contributed by atoms with Gasteiger partial charge >= 0.3 is 0 Å². The number of aromatic nitrogens is 1. The van der Waals surface area contributed by atoms with Gasteiger partial charge in [0.25, 0.3) is 0 Å². The summed E-state index contributed by atoms with van der Waals surface area (Å²) in [5.41, 5.74) is 5.18. The third kappa shape index (κ3) is 4.04. The van der Waals surface area contributed by atoms with Crippen molar-refractivity contribution < 1.29 is 8.42 Å². The molecule has 0 amide bonds. The Hall–Kier alpha value is -2.71. The lowest BCUT2D eigenvalue weighted by atomic mass is 10.0. The maximum absolute atomic E-state index is 11.7. The number of hydrogen-bond acceptors (Lipinski definition) is 5. The van der Waals surface area contributed by atoms with Gasteiger partial charge in [-0.05, 0) is 54.3 Å². The van der Waals surface area contributed by atoms with Crippen LogP contribution in [0.4, 0.5) is 10.8 Å². The minimum absolute atomic E-state index is 0.0870. The minimum atomic E-state index is -3.75. The molecule has 0 fully saturated rings. The Morgan fingerprint density at radius 2 is 1.62 bits per heavy atom. The summed E-state index contributed by atoms with van der Waals surface area (Å²) in [6.45, 7) is 0.897. The van der Waals surface area contributed by atoms with E-state index in [9.17, 15) is 8.42 Å². The molecule has 4 aromatic rings. The van der Waals surface area contributed by atoms with E-state index in [1.807, 2.05) is 24.3 Å². The first-order valence-electron chi connectivity index (χ1n) is 10.2. The molecule has 0 bridgehead atoms. The average Bonchev–Trinajstić information content (AvgIpc) is 3.24. The maximum Gasteiger partial charge on any atom is 0.238 e. The molecule has 0 saturated carbocycles. The van der Waals surface area contributed by atoms with E-state index in [4.69, 9.17) is 21.7 Å². The molecule has 0 aliphatic carbocycles. The Bertz CT molecular complexity index is 1380. The summed E-state index contributed by atoms with van der Waals surface area (Å²) in [5, 5.41) is 6.84. The molecular weight excluding hydrogens is 462 g/mol. The van der Waals surface area contributed by atoms with Crippen molar-refractivity contribution >= 4 is 43.8 Å². The van der Waals surface area contributed by atoms with Gasteiger partial charge < -0.3 is 4.90 Å². The topological polar surface area (TPSA) is 76.3 Å². The molecule has 5 rings (SSSR count). The van der Waals surface area contributed by atoms with Crippen LogP contribution in [-0.2, 0) is 16.4 Å². The number of nitrogens with two attached hydrogens (primary N) is 1. The first-order chi connectivity index (χ1) is 15.4. The van der Waals surface area contributed by atoms with E-state index in [1.54, 1.807) is 23.5 Å². The quantitative estimate of drug-likeness (QED) is 0.396. The zero-order valence-electron chi connectivity index (χ0n) is 17.0. The lowest BCUT2D eigenvalue weighted by Gasteiger charge is -2.28. The van der Waals surface area contributed by atoms with Crippen LogP contribution in [0.1, 0.15) is 12.0 Å². The van der Waals surface area contributed by atoms with E-state index in [-0.39, 0.29) is 4.90 Å². The van der Waals surface area contributed by atoms with Gasteiger partial charge in [0.1, 0.15) is 0 Å². The van der Waals surface area contributed by atoms with Crippen LogP contribution in [0.5, 0.6) is 0 Å². The number of sulfonamides is 1. The predicted octanol–water partition coefficient (Wildman–Crippen LogP) is 5.86. The van der Waals surface area contributed by atoms with Gasteiger partial charge in [0.2, 0.25) is 10.0 Å². The highest BCUT2D eigenvalue weighted by atomic mass is 35.5. The van der Waals surface area contributed by atoms with Crippen LogP contribution in [0.2, 0.25) is 5.02 Å². The smallest absolute Gasteiger partial charge is 0.238 e. The lowest BCUT2D eigenvalue weighted by molar-refractivity contribution is 0.598. The van der Waals surface area contributed by atoms with Gasteiger partial charge in [-0.15, -0.1) is 0 Å². The largest absolute Gasteiger partial charge is 0.318 e. The molecule has 162 valence electrons. The van der Waals surface area contributed by atoms with Crippen molar-refractivity contribution in [3.05, 3.63) is 83.4 Å². The lowest BCUT2D eigenvalue weighted by Crippen LogP contribution is -2.24. The molecule has 1 aromatic heterocycles. The number of benzene rings is 3. The maximum atomic E-state index is 11.7. The second-order valence-corrected chi connectivity index (χ2v) is 10.6. The minimum Gasteiger partial charge on any atom is -0.318 e. The molecule has 2 heterocycles. The van der Waals surface area contributed by atoms with E-state index in [0.29, 0.717) is 5.02 Å². The normalized spacial score (nSPS) is 13.8. The molecule has 1 aliphatic rings. The number of rotatable bonds is 4. The van der Waals surface area contributed by atoms with Crippen LogP contribution < -0.4 is 10.0 Å². The summed E-state index contributed by atoms with van der Waals surface area (Å²) < 4.78 is 23.4. The summed E-state index contributed by atoms with van der Waals surface area (Å²) in [4.78, 5) is 8.36. The van der Waals surface area contributed by atoms with Gasteiger partial charge in [0.15, 0.2) is 5.13 Å². The fourth-order valence-corrected chi connectivity index (χ4v) is 5.73. The van der Waals surface area contributed by atoms with Crippen LogP contribution in [0.3, 0.4) is 0 Å². The van der Waals surface area contributed by atoms with Crippen molar-refractivity contribution in [1.82, 2.24) is 4.98 Å². The van der Waals surface area contributed by atoms with Crippen molar-refractivity contribution in [2.45, 2.75) is 17.7 Å². The molecule has 0 saturated heterocycles. The van der Waals surface area contributed by atoms with Crippen LogP contribution >= 0.6 is 22.9 Å². The summed E-state index contributed by atoms with van der Waals surface area (Å²) in [5.74, 6) is 0. The van der Waals surface area contributed by atoms with E-state index < -0.39 is 10.0 Å². The van der Waals surface area contributed by atoms with Crippen molar-refractivity contribution in [1.29, 1.82) is 0 Å². The summed E-state index contributed by atoms with van der Waals surface area (Å²) in [6, 6.07) is 22.7. The molecule has 0 atom stereocenters. The van der Waals surface area contributed by atoms with E-state index in [0.717, 1.165) is 46.2 Å². The molecule has 3 aromatic carbocycles.